The summed E-state index contributed by atoms with van der Waals surface area (Å²) in [7, 11) is 1.94. The fourth-order valence-electron chi connectivity index (χ4n) is 3.46. The molecule has 0 saturated carbocycles. The first-order valence-electron chi connectivity index (χ1n) is 10.6. The van der Waals surface area contributed by atoms with E-state index in [4.69, 9.17) is 9.47 Å². The molecule has 0 fully saturated rings. The first kappa shape index (κ1) is 23.3. The molecule has 0 aliphatic heterocycles. The van der Waals surface area contributed by atoms with Crippen molar-refractivity contribution in [2.75, 3.05) is 6.26 Å². The number of hydrogen-bond acceptors (Lipinski definition) is 7. The average Bonchev–Trinajstić information content (AvgIpc) is 3.17. The third kappa shape index (κ3) is 5.55. The number of nitrogens with zero attached hydrogens (tertiary/aromatic N) is 3. The number of rotatable bonds is 10. The molecule has 174 valence electrons. The minimum Gasteiger partial charge on any atom is -0.486 e. The Balaban J connectivity index is 1.40. The van der Waals surface area contributed by atoms with Crippen LogP contribution in [-0.2, 0) is 29.7 Å². The van der Waals surface area contributed by atoms with E-state index in [1.807, 2.05) is 72.5 Å². The second-order valence-electron chi connectivity index (χ2n) is 7.50. The van der Waals surface area contributed by atoms with Gasteiger partial charge in [0.25, 0.3) is 0 Å². The molecule has 0 saturated heterocycles. The molecule has 1 atom stereocenters. The predicted molar refractivity (Wildman–Crippen MR) is 131 cm³/mol. The molecule has 0 bridgehead atoms. The lowest BCUT2D eigenvalue weighted by Crippen LogP contribution is -2.32. The number of aromatic nitrogens is 3. The van der Waals surface area contributed by atoms with Crippen molar-refractivity contribution in [1.29, 1.82) is 0 Å². The van der Waals surface area contributed by atoms with E-state index in [1.165, 1.54) is 11.8 Å². The van der Waals surface area contributed by atoms with Crippen LogP contribution in [0, 0.1) is 0 Å². The zero-order chi connectivity index (χ0) is 23.9. The van der Waals surface area contributed by atoms with Crippen molar-refractivity contribution in [3.8, 4) is 17.4 Å². The molecule has 0 aliphatic carbocycles. The van der Waals surface area contributed by atoms with Gasteiger partial charge in [0.2, 0.25) is 18.2 Å². The zero-order valence-electron chi connectivity index (χ0n) is 18.8. The summed E-state index contributed by atoms with van der Waals surface area (Å²) >= 11 is 1.40. The maximum Gasteiger partial charge on any atom is 0.239 e. The number of amides is 2. The van der Waals surface area contributed by atoms with E-state index in [-0.39, 0.29) is 11.2 Å². The highest BCUT2D eigenvalue weighted by atomic mass is 32.2. The molecule has 0 radical (unpaired) electrons. The van der Waals surface area contributed by atoms with E-state index in [1.54, 1.807) is 12.3 Å². The van der Waals surface area contributed by atoms with E-state index < -0.39 is 0 Å². The minimum atomic E-state index is -0.330. The molecule has 4 aromatic rings. The second-order valence-corrected chi connectivity index (χ2v) is 8.54. The van der Waals surface area contributed by atoms with Gasteiger partial charge in [-0.25, -0.2) is 9.97 Å². The molecule has 8 nitrogen and oxygen atoms in total. The first-order valence-corrected chi connectivity index (χ1v) is 11.9. The van der Waals surface area contributed by atoms with Crippen molar-refractivity contribution in [3.05, 3.63) is 78.2 Å². The lowest BCUT2D eigenvalue weighted by atomic mass is 10.1. The number of benzene rings is 2. The highest BCUT2D eigenvalue weighted by molar-refractivity contribution is 7.99. The van der Waals surface area contributed by atoms with Crippen LogP contribution in [0.5, 0.6) is 17.4 Å². The van der Waals surface area contributed by atoms with Gasteiger partial charge in [-0.15, -0.1) is 0 Å². The number of fused-ring (bicyclic) bond motifs is 1. The van der Waals surface area contributed by atoms with Gasteiger partial charge in [-0.2, -0.15) is 11.8 Å². The van der Waals surface area contributed by atoms with Crippen LogP contribution in [0.4, 0.5) is 0 Å². The topological polar surface area (TPSA) is 95.3 Å². The number of nitrogens with one attached hydrogen (secondary N) is 1. The Kier molecular flexibility index (Phi) is 7.44. The normalized spacial score (nSPS) is 11.7. The molecule has 2 aromatic heterocycles. The van der Waals surface area contributed by atoms with E-state index in [0.29, 0.717) is 36.8 Å². The molecule has 9 heteroatoms. The lowest BCUT2D eigenvalue weighted by Gasteiger charge is -2.13. The van der Waals surface area contributed by atoms with Crippen molar-refractivity contribution in [2.24, 2.45) is 7.05 Å². The summed E-state index contributed by atoms with van der Waals surface area (Å²) in [5, 5.41) is 1.88. The Morgan fingerprint density at radius 1 is 1.15 bits per heavy atom. The molecule has 2 aromatic carbocycles. The molecule has 0 aliphatic rings. The number of imide groups is 1. The average molecular weight is 477 g/mol. The molecule has 4 rings (SSSR count). The number of carbonyl (C=O) groups is 2. The summed E-state index contributed by atoms with van der Waals surface area (Å²) in [5.41, 5.74) is 2.76. The summed E-state index contributed by atoms with van der Waals surface area (Å²) < 4.78 is 13.7. The summed E-state index contributed by atoms with van der Waals surface area (Å²) in [6, 6.07) is 18.8. The maximum absolute atomic E-state index is 11.9. The molecular weight excluding hydrogens is 452 g/mol. The fourth-order valence-corrected chi connectivity index (χ4v) is 4.10. The molecule has 2 amide bonds. The number of imidazole rings is 1. The Morgan fingerprint density at radius 2 is 1.94 bits per heavy atom. The number of ether oxygens (including phenoxy) is 2. The standard InChI is InChI=1S/C25H24N4O4S/c1-29-21-14-19(33-24-5-3-4-12-26-24)10-11-20(21)28-23(29)15-32-18-8-6-17(7-9-18)13-22(34-2)25(31)27-16-30/h3-12,14,16,22H,13,15H2,1-2H3,(H,27,30,31). The quantitative estimate of drug-likeness (QED) is 0.347. The Morgan fingerprint density at radius 3 is 2.65 bits per heavy atom. The minimum absolute atomic E-state index is 0.293. The highest BCUT2D eigenvalue weighted by Gasteiger charge is 2.17. The van der Waals surface area contributed by atoms with Crippen molar-refractivity contribution in [1.82, 2.24) is 19.9 Å². The molecule has 2 heterocycles. The third-order valence-electron chi connectivity index (χ3n) is 5.30. The van der Waals surface area contributed by atoms with E-state index in [9.17, 15) is 9.59 Å². The van der Waals surface area contributed by atoms with Crippen LogP contribution in [0.15, 0.2) is 66.9 Å². The van der Waals surface area contributed by atoms with Gasteiger partial charge in [0.05, 0.1) is 16.3 Å². The van der Waals surface area contributed by atoms with Crippen molar-refractivity contribution in [2.45, 2.75) is 18.3 Å². The molecule has 0 spiro atoms. The number of carbonyl (C=O) groups excluding carboxylic acids is 2. The van der Waals surface area contributed by atoms with E-state index in [2.05, 4.69) is 15.3 Å². The Bertz CT molecular complexity index is 1280. The summed E-state index contributed by atoms with van der Waals surface area (Å²) in [4.78, 5) is 31.3. The summed E-state index contributed by atoms with van der Waals surface area (Å²) in [6.07, 6.45) is 4.47. The predicted octanol–water partition coefficient (Wildman–Crippen LogP) is 3.89. The van der Waals surface area contributed by atoms with Gasteiger partial charge in [0.15, 0.2) is 0 Å². The van der Waals surface area contributed by atoms with Gasteiger partial charge in [-0.1, -0.05) is 18.2 Å². The Hall–Kier alpha value is -3.85. The second kappa shape index (κ2) is 10.8. The fraction of sp³-hybridized carbons (Fsp3) is 0.200. The molecule has 1 unspecified atom stereocenters. The lowest BCUT2D eigenvalue weighted by molar-refractivity contribution is -0.124. The number of hydrogen-bond donors (Lipinski definition) is 1. The summed E-state index contributed by atoms with van der Waals surface area (Å²) in [6.45, 7) is 0.302. The van der Waals surface area contributed by atoms with Crippen LogP contribution >= 0.6 is 11.8 Å². The SMILES string of the molecule is CSC(Cc1ccc(OCc2nc3ccc(Oc4ccccn4)cc3n2C)cc1)C(=O)NC=O. The van der Waals surface area contributed by atoms with Crippen LogP contribution in [0.25, 0.3) is 11.0 Å². The monoisotopic (exact) mass is 476 g/mol. The zero-order valence-corrected chi connectivity index (χ0v) is 19.6. The third-order valence-corrected chi connectivity index (χ3v) is 6.25. The largest absolute Gasteiger partial charge is 0.486 e. The van der Waals surface area contributed by atoms with Crippen LogP contribution in [-0.4, -0.2) is 38.4 Å². The maximum atomic E-state index is 11.9. The van der Waals surface area contributed by atoms with Gasteiger partial charge in [0, 0.05) is 25.4 Å². The first-order chi connectivity index (χ1) is 16.6. The Labute approximate surface area is 201 Å². The molecule has 34 heavy (non-hydrogen) atoms. The van der Waals surface area contributed by atoms with Crippen LogP contribution in [0.1, 0.15) is 11.4 Å². The van der Waals surface area contributed by atoms with E-state index in [0.717, 1.165) is 22.4 Å². The highest BCUT2D eigenvalue weighted by Crippen LogP contribution is 2.25. The molecular formula is C25H24N4O4S. The van der Waals surface area contributed by atoms with Gasteiger partial charge in [-0.05, 0) is 48.6 Å². The van der Waals surface area contributed by atoms with Crippen LogP contribution < -0.4 is 14.8 Å². The smallest absolute Gasteiger partial charge is 0.239 e. The van der Waals surface area contributed by atoms with Gasteiger partial charge < -0.3 is 14.0 Å². The number of thioether (sulfide) groups is 1. The van der Waals surface area contributed by atoms with Gasteiger partial charge in [-0.3, -0.25) is 14.9 Å². The van der Waals surface area contributed by atoms with Crippen molar-refractivity contribution < 1.29 is 19.1 Å². The number of pyridine rings is 1. The summed E-state index contributed by atoms with van der Waals surface area (Å²) in [5.74, 6) is 2.40. The molecule has 1 N–H and O–H groups in total. The van der Waals surface area contributed by atoms with Crippen molar-refractivity contribution >= 4 is 35.1 Å². The van der Waals surface area contributed by atoms with Crippen LogP contribution in [0.3, 0.4) is 0 Å². The van der Waals surface area contributed by atoms with Crippen molar-refractivity contribution in [3.63, 3.8) is 0 Å². The van der Waals surface area contributed by atoms with Gasteiger partial charge >= 0.3 is 0 Å². The van der Waals surface area contributed by atoms with Gasteiger partial charge in [0.1, 0.15) is 23.9 Å². The van der Waals surface area contributed by atoms with E-state index >= 15 is 0 Å². The number of aryl methyl sites for hydroxylation is 1. The van der Waals surface area contributed by atoms with Crippen LogP contribution in [0.2, 0.25) is 0 Å².